The van der Waals surface area contributed by atoms with E-state index in [0.717, 1.165) is 28.9 Å². The summed E-state index contributed by atoms with van der Waals surface area (Å²) in [7, 11) is 0. The predicted molar refractivity (Wildman–Crippen MR) is 99.7 cm³/mol. The van der Waals surface area contributed by atoms with Crippen molar-refractivity contribution in [2.75, 3.05) is 17.6 Å². The molecule has 8 heteroatoms. The summed E-state index contributed by atoms with van der Waals surface area (Å²) in [6, 6.07) is 4.19. The first-order chi connectivity index (χ1) is 11.0. The quantitative estimate of drug-likeness (QED) is 0.660. The fourth-order valence-corrected chi connectivity index (χ4v) is 4.00. The van der Waals surface area contributed by atoms with E-state index in [9.17, 15) is 4.79 Å². The van der Waals surface area contributed by atoms with Crippen LogP contribution in [-0.2, 0) is 11.2 Å². The van der Waals surface area contributed by atoms with E-state index in [2.05, 4.69) is 45.3 Å². The number of carbonyl (C=O) groups excluding carboxylic acids is 1. The van der Waals surface area contributed by atoms with Crippen molar-refractivity contribution in [3.8, 4) is 0 Å². The summed E-state index contributed by atoms with van der Waals surface area (Å²) in [5.74, 6) is 0.400. The molecule has 0 fully saturated rings. The summed E-state index contributed by atoms with van der Waals surface area (Å²) in [5, 5.41) is 17.4. The third-order valence-electron chi connectivity index (χ3n) is 3.32. The molecule has 2 aromatic rings. The van der Waals surface area contributed by atoms with E-state index in [1.54, 1.807) is 11.3 Å². The molecular formula is C15H22N4OS3. The van der Waals surface area contributed by atoms with Crippen molar-refractivity contribution in [1.82, 2.24) is 15.5 Å². The zero-order valence-electron chi connectivity index (χ0n) is 13.6. The molecule has 0 spiro atoms. The fourth-order valence-electron chi connectivity index (χ4n) is 1.72. The fraction of sp³-hybridized carbons (Fsp3) is 0.533. The number of anilines is 1. The molecule has 1 amide bonds. The largest absolute Gasteiger partial charge is 0.360 e. The van der Waals surface area contributed by atoms with E-state index >= 15 is 0 Å². The molecule has 0 radical (unpaired) electrons. The van der Waals surface area contributed by atoms with Crippen molar-refractivity contribution >= 4 is 45.5 Å². The number of hydrogen-bond donors (Lipinski definition) is 2. The van der Waals surface area contributed by atoms with Gasteiger partial charge in [-0.05, 0) is 38.1 Å². The number of rotatable bonds is 9. The lowest BCUT2D eigenvalue weighted by Crippen LogP contribution is -2.43. The summed E-state index contributed by atoms with van der Waals surface area (Å²) in [4.78, 5) is 13.3. The molecule has 2 heterocycles. The second kappa shape index (κ2) is 8.65. The van der Waals surface area contributed by atoms with Crippen molar-refractivity contribution in [3.63, 3.8) is 0 Å². The van der Waals surface area contributed by atoms with Gasteiger partial charge in [-0.3, -0.25) is 4.79 Å². The van der Waals surface area contributed by atoms with Crippen molar-refractivity contribution in [2.45, 2.75) is 43.5 Å². The Morgan fingerprint density at radius 2 is 2.22 bits per heavy atom. The van der Waals surface area contributed by atoms with Crippen LogP contribution in [0.25, 0.3) is 0 Å². The third kappa shape index (κ3) is 6.48. The molecular weight excluding hydrogens is 348 g/mol. The lowest BCUT2D eigenvalue weighted by atomic mass is 10.0. The molecule has 0 aliphatic carbocycles. The van der Waals surface area contributed by atoms with Crippen LogP contribution >= 0.6 is 34.4 Å². The Kier molecular flexibility index (Phi) is 6.86. The first kappa shape index (κ1) is 18.2. The van der Waals surface area contributed by atoms with Crippen LogP contribution in [0.2, 0.25) is 0 Å². The van der Waals surface area contributed by atoms with Crippen LogP contribution < -0.4 is 10.6 Å². The highest BCUT2D eigenvalue weighted by atomic mass is 32.2. The molecule has 5 nitrogen and oxygen atoms in total. The number of thiophene rings is 1. The van der Waals surface area contributed by atoms with Gasteiger partial charge in [0.2, 0.25) is 11.0 Å². The highest BCUT2D eigenvalue weighted by Crippen LogP contribution is 2.25. The molecule has 0 atom stereocenters. The van der Waals surface area contributed by atoms with Gasteiger partial charge < -0.3 is 10.6 Å². The standard InChI is InChI=1S/C15H22N4OS3/c1-4-15(2,3)17-12(20)10-22-14-19-18-13(23-14)16-8-7-11-6-5-9-21-11/h5-6,9H,4,7-8,10H2,1-3H3,(H,16,18)(H,17,20). The highest BCUT2D eigenvalue weighted by molar-refractivity contribution is 8.01. The van der Waals surface area contributed by atoms with Crippen LogP contribution in [0.3, 0.4) is 0 Å². The van der Waals surface area contributed by atoms with Crippen LogP contribution in [-0.4, -0.2) is 33.9 Å². The van der Waals surface area contributed by atoms with E-state index in [1.165, 1.54) is 28.0 Å². The number of aromatic nitrogens is 2. The monoisotopic (exact) mass is 370 g/mol. The van der Waals surface area contributed by atoms with Crippen LogP contribution in [0.15, 0.2) is 21.9 Å². The van der Waals surface area contributed by atoms with Gasteiger partial charge in [-0.2, -0.15) is 0 Å². The van der Waals surface area contributed by atoms with Crippen molar-refractivity contribution < 1.29 is 4.79 Å². The lowest BCUT2D eigenvalue weighted by molar-refractivity contribution is -0.120. The summed E-state index contributed by atoms with van der Waals surface area (Å²) in [6.45, 7) is 6.95. The Labute approximate surface area is 149 Å². The maximum absolute atomic E-state index is 11.9. The average molecular weight is 371 g/mol. The molecule has 0 aromatic carbocycles. The van der Waals surface area contributed by atoms with Gasteiger partial charge in [-0.1, -0.05) is 36.1 Å². The van der Waals surface area contributed by atoms with Crippen LogP contribution in [0, 0.1) is 0 Å². The lowest BCUT2D eigenvalue weighted by Gasteiger charge is -2.24. The number of thioether (sulfide) groups is 1. The average Bonchev–Trinajstić information content (AvgIpc) is 3.16. The number of carbonyl (C=O) groups is 1. The minimum absolute atomic E-state index is 0.0317. The minimum Gasteiger partial charge on any atom is -0.360 e. The zero-order valence-corrected chi connectivity index (χ0v) is 16.0. The van der Waals surface area contributed by atoms with Gasteiger partial charge in [0.25, 0.3) is 0 Å². The Bertz CT molecular complexity index is 610. The van der Waals surface area contributed by atoms with Gasteiger partial charge in [0, 0.05) is 17.0 Å². The Morgan fingerprint density at radius 3 is 2.91 bits per heavy atom. The first-order valence-corrected chi connectivity index (χ1v) is 10.2. The third-order valence-corrected chi connectivity index (χ3v) is 6.27. The summed E-state index contributed by atoms with van der Waals surface area (Å²) in [5.41, 5.74) is -0.159. The van der Waals surface area contributed by atoms with Gasteiger partial charge in [-0.15, -0.1) is 21.5 Å². The summed E-state index contributed by atoms with van der Waals surface area (Å²) >= 11 is 4.68. The Balaban J connectivity index is 1.71. The van der Waals surface area contributed by atoms with Crippen LogP contribution in [0.4, 0.5) is 5.13 Å². The molecule has 0 unspecified atom stereocenters. The van der Waals surface area contributed by atoms with Crippen LogP contribution in [0.5, 0.6) is 0 Å². The van der Waals surface area contributed by atoms with E-state index in [-0.39, 0.29) is 11.4 Å². The SMILES string of the molecule is CCC(C)(C)NC(=O)CSc1nnc(NCCc2cccs2)s1. The normalized spacial score (nSPS) is 11.4. The topological polar surface area (TPSA) is 66.9 Å². The van der Waals surface area contributed by atoms with Gasteiger partial charge in [-0.25, -0.2) is 0 Å². The van der Waals surface area contributed by atoms with E-state index < -0.39 is 0 Å². The number of nitrogens with zero attached hydrogens (tertiary/aromatic N) is 2. The van der Waals surface area contributed by atoms with E-state index in [4.69, 9.17) is 0 Å². The minimum atomic E-state index is -0.159. The molecule has 0 aliphatic rings. The molecule has 0 saturated carbocycles. The molecule has 2 N–H and O–H groups in total. The number of amides is 1. The zero-order chi connectivity index (χ0) is 16.7. The van der Waals surface area contributed by atoms with Gasteiger partial charge in [0.05, 0.1) is 5.75 Å². The smallest absolute Gasteiger partial charge is 0.230 e. The maximum Gasteiger partial charge on any atom is 0.230 e. The van der Waals surface area contributed by atoms with Crippen LogP contribution in [0.1, 0.15) is 32.1 Å². The molecule has 126 valence electrons. The second-order valence-electron chi connectivity index (χ2n) is 5.70. The molecule has 0 bridgehead atoms. The number of nitrogens with one attached hydrogen (secondary N) is 2. The maximum atomic E-state index is 11.9. The Hall–Kier alpha value is -1.12. The summed E-state index contributed by atoms with van der Waals surface area (Å²) in [6.07, 6.45) is 1.88. The molecule has 0 saturated heterocycles. The van der Waals surface area contributed by atoms with Crippen molar-refractivity contribution in [1.29, 1.82) is 0 Å². The molecule has 2 rings (SSSR count). The molecule has 2 aromatic heterocycles. The first-order valence-electron chi connectivity index (χ1n) is 7.52. The Morgan fingerprint density at radius 1 is 1.39 bits per heavy atom. The van der Waals surface area contributed by atoms with Gasteiger partial charge in [0.15, 0.2) is 4.34 Å². The predicted octanol–water partition coefficient (Wildman–Crippen LogP) is 3.65. The highest BCUT2D eigenvalue weighted by Gasteiger charge is 2.18. The summed E-state index contributed by atoms with van der Waals surface area (Å²) < 4.78 is 0.813. The van der Waals surface area contributed by atoms with E-state index in [1.807, 2.05) is 13.8 Å². The molecule has 23 heavy (non-hydrogen) atoms. The van der Waals surface area contributed by atoms with Gasteiger partial charge in [0.1, 0.15) is 0 Å². The second-order valence-corrected chi connectivity index (χ2v) is 8.94. The van der Waals surface area contributed by atoms with Crippen molar-refractivity contribution in [3.05, 3.63) is 22.4 Å². The molecule has 0 aliphatic heterocycles. The number of hydrogen-bond acceptors (Lipinski definition) is 7. The van der Waals surface area contributed by atoms with Crippen molar-refractivity contribution in [2.24, 2.45) is 0 Å². The van der Waals surface area contributed by atoms with Gasteiger partial charge >= 0.3 is 0 Å². The van der Waals surface area contributed by atoms with E-state index in [0.29, 0.717) is 5.75 Å².